The molecule has 0 spiro atoms. The van der Waals surface area contributed by atoms with Gasteiger partial charge in [0.1, 0.15) is 0 Å². The average molecular weight is 322 g/mol. The predicted octanol–water partition coefficient (Wildman–Crippen LogP) is 2.76. The van der Waals surface area contributed by atoms with Gasteiger partial charge in [-0.25, -0.2) is 13.1 Å². The van der Waals surface area contributed by atoms with Gasteiger partial charge in [-0.15, -0.1) is 11.3 Å². The molecule has 0 unspecified atom stereocenters. The molecule has 0 amide bonds. The van der Waals surface area contributed by atoms with Gasteiger partial charge in [0.15, 0.2) is 0 Å². The molecule has 0 radical (unpaired) electrons. The molecule has 0 saturated heterocycles. The molecule has 21 heavy (non-hydrogen) atoms. The van der Waals surface area contributed by atoms with Crippen molar-refractivity contribution in [1.82, 2.24) is 4.72 Å². The summed E-state index contributed by atoms with van der Waals surface area (Å²) in [6, 6.07) is 9.32. The number of sulfonamides is 1. The van der Waals surface area contributed by atoms with E-state index in [0.717, 1.165) is 30.0 Å². The number of anilines is 1. The number of aryl methyl sites for hydroxylation is 1. The third kappa shape index (κ3) is 3.12. The highest BCUT2D eigenvalue weighted by molar-refractivity contribution is 7.89. The Morgan fingerprint density at radius 3 is 2.81 bits per heavy atom. The fourth-order valence-corrected chi connectivity index (χ4v) is 4.42. The molecular weight excluding hydrogens is 304 g/mol. The molecular formula is C15H18N2O2S2. The molecule has 3 rings (SSSR count). The van der Waals surface area contributed by atoms with Crippen LogP contribution in [0.25, 0.3) is 0 Å². The summed E-state index contributed by atoms with van der Waals surface area (Å²) in [4.78, 5) is 2.63. The lowest BCUT2D eigenvalue weighted by atomic mass is 10.2. The average Bonchev–Trinajstić information content (AvgIpc) is 3.13. The first-order valence-electron chi connectivity index (χ1n) is 7.02. The number of hydrogen-bond donors (Lipinski definition) is 2. The summed E-state index contributed by atoms with van der Waals surface area (Å²) in [5.74, 6) is 0. The Labute approximate surface area is 129 Å². The van der Waals surface area contributed by atoms with Crippen LogP contribution in [0.5, 0.6) is 0 Å². The lowest BCUT2D eigenvalue weighted by Crippen LogP contribution is -2.22. The van der Waals surface area contributed by atoms with E-state index in [0.29, 0.717) is 11.4 Å². The quantitative estimate of drug-likeness (QED) is 0.890. The van der Waals surface area contributed by atoms with Crippen molar-refractivity contribution >= 4 is 27.0 Å². The van der Waals surface area contributed by atoms with Crippen molar-refractivity contribution in [3.05, 3.63) is 45.6 Å². The van der Waals surface area contributed by atoms with Gasteiger partial charge < -0.3 is 5.32 Å². The summed E-state index contributed by atoms with van der Waals surface area (Å²) >= 11 is 1.65. The van der Waals surface area contributed by atoms with Gasteiger partial charge in [0.2, 0.25) is 10.0 Å². The molecule has 6 heteroatoms. The summed E-state index contributed by atoms with van der Waals surface area (Å²) in [7, 11) is -3.46. The zero-order valence-electron chi connectivity index (χ0n) is 11.8. The van der Waals surface area contributed by atoms with Gasteiger partial charge >= 0.3 is 0 Å². The second-order valence-corrected chi connectivity index (χ2v) is 8.06. The maximum atomic E-state index is 12.3. The van der Waals surface area contributed by atoms with Crippen LogP contribution in [0.4, 0.5) is 5.69 Å². The van der Waals surface area contributed by atoms with Crippen molar-refractivity contribution in [1.29, 1.82) is 0 Å². The molecule has 0 aliphatic carbocycles. The molecule has 0 fully saturated rings. The van der Waals surface area contributed by atoms with Gasteiger partial charge in [0.25, 0.3) is 0 Å². The van der Waals surface area contributed by atoms with E-state index in [1.165, 1.54) is 10.4 Å². The number of fused-ring (bicyclic) bond motifs is 1. The van der Waals surface area contributed by atoms with Crippen LogP contribution in [0.2, 0.25) is 0 Å². The molecule has 1 aliphatic rings. The first-order valence-corrected chi connectivity index (χ1v) is 9.32. The SMILES string of the molecule is CCc1ccc(CNS(=O)(=O)c2ccc3c(c2)NCC3)s1. The maximum absolute atomic E-state index is 12.3. The Kier molecular flexibility index (Phi) is 4.01. The van der Waals surface area contributed by atoms with Crippen molar-refractivity contribution in [3.63, 3.8) is 0 Å². The van der Waals surface area contributed by atoms with Gasteiger partial charge in [-0.2, -0.15) is 0 Å². The van der Waals surface area contributed by atoms with E-state index in [1.54, 1.807) is 23.5 Å². The number of nitrogens with one attached hydrogen (secondary N) is 2. The fourth-order valence-electron chi connectivity index (χ4n) is 2.39. The Bertz CT molecular complexity index is 751. The van der Waals surface area contributed by atoms with E-state index in [1.807, 2.05) is 18.2 Å². The second-order valence-electron chi connectivity index (χ2n) is 5.04. The summed E-state index contributed by atoms with van der Waals surface area (Å²) in [6.07, 6.45) is 1.94. The van der Waals surface area contributed by atoms with Crippen LogP contribution in [0, 0.1) is 0 Å². The first-order chi connectivity index (χ1) is 10.1. The molecule has 0 saturated carbocycles. The Balaban J connectivity index is 1.74. The van der Waals surface area contributed by atoms with Crippen LogP contribution < -0.4 is 10.0 Å². The molecule has 1 aromatic heterocycles. The fraction of sp³-hybridized carbons (Fsp3) is 0.333. The van der Waals surface area contributed by atoms with Gasteiger partial charge in [-0.3, -0.25) is 0 Å². The van der Waals surface area contributed by atoms with Crippen LogP contribution in [0.15, 0.2) is 35.2 Å². The van der Waals surface area contributed by atoms with Crippen LogP contribution in [0.3, 0.4) is 0 Å². The number of thiophene rings is 1. The summed E-state index contributed by atoms with van der Waals surface area (Å²) in [5.41, 5.74) is 2.11. The van der Waals surface area contributed by atoms with E-state index >= 15 is 0 Å². The molecule has 2 aromatic rings. The van der Waals surface area contributed by atoms with Gasteiger partial charge in [0, 0.05) is 28.5 Å². The predicted molar refractivity (Wildman–Crippen MR) is 86.4 cm³/mol. The summed E-state index contributed by atoms with van der Waals surface area (Å²) in [6.45, 7) is 3.32. The molecule has 112 valence electrons. The number of hydrogen-bond acceptors (Lipinski definition) is 4. The zero-order chi connectivity index (χ0) is 14.9. The third-order valence-corrected chi connectivity index (χ3v) is 6.23. The Hall–Kier alpha value is -1.37. The lowest BCUT2D eigenvalue weighted by molar-refractivity contribution is 0.582. The van der Waals surface area contributed by atoms with Gasteiger partial charge in [-0.05, 0) is 42.7 Å². The van der Waals surface area contributed by atoms with Crippen molar-refractivity contribution < 1.29 is 8.42 Å². The van der Waals surface area contributed by atoms with Crippen LogP contribution in [-0.4, -0.2) is 15.0 Å². The highest BCUT2D eigenvalue weighted by Gasteiger charge is 2.18. The molecule has 0 bridgehead atoms. The van der Waals surface area contributed by atoms with Gasteiger partial charge in [-0.1, -0.05) is 13.0 Å². The molecule has 2 heterocycles. The molecule has 1 aliphatic heterocycles. The third-order valence-electron chi connectivity index (χ3n) is 3.60. The van der Waals surface area contributed by atoms with E-state index in [9.17, 15) is 8.42 Å². The molecule has 4 nitrogen and oxygen atoms in total. The lowest BCUT2D eigenvalue weighted by Gasteiger charge is -2.08. The zero-order valence-corrected chi connectivity index (χ0v) is 13.5. The van der Waals surface area contributed by atoms with E-state index in [-0.39, 0.29) is 0 Å². The number of benzene rings is 1. The second kappa shape index (κ2) is 5.79. The molecule has 2 N–H and O–H groups in total. The van der Waals surface area contributed by atoms with Crippen LogP contribution in [-0.2, 0) is 29.4 Å². The van der Waals surface area contributed by atoms with E-state index in [4.69, 9.17) is 0 Å². The highest BCUT2D eigenvalue weighted by atomic mass is 32.2. The Morgan fingerprint density at radius 2 is 2.05 bits per heavy atom. The maximum Gasteiger partial charge on any atom is 0.240 e. The smallest absolute Gasteiger partial charge is 0.240 e. The molecule has 1 aromatic carbocycles. The van der Waals surface area contributed by atoms with Crippen molar-refractivity contribution in [2.75, 3.05) is 11.9 Å². The summed E-state index contributed by atoms with van der Waals surface area (Å²) < 4.78 is 27.4. The van der Waals surface area contributed by atoms with Crippen molar-refractivity contribution in [3.8, 4) is 0 Å². The first kappa shape index (κ1) is 14.6. The van der Waals surface area contributed by atoms with Crippen LogP contribution in [0.1, 0.15) is 22.2 Å². The van der Waals surface area contributed by atoms with Crippen molar-refractivity contribution in [2.45, 2.75) is 31.2 Å². The summed E-state index contributed by atoms with van der Waals surface area (Å²) in [5, 5.41) is 3.21. The molecule has 0 atom stereocenters. The monoisotopic (exact) mass is 322 g/mol. The van der Waals surface area contributed by atoms with E-state index in [2.05, 4.69) is 17.0 Å². The largest absolute Gasteiger partial charge is 0.384 e. The normalized spacial score (nSPS) is 14.0. The van der Waals surface area contributed by atoms with Crippen LogP contribution >= 0.6 is 11.3 Å². The van der Waals surface area contributed by atoms with Crippen molar-refractivity contribution in [2.24, 2.45) is 0 Å². The Morgan fingerprint density at radius 1 is 1.24 bits per heavy atom. The van der Waals surface area contributed by atoms with E-state index < -0.39 is 10.0 Å². The van der Waals surface area contributed by atoms with Gasteiger partial charge in [0.05, 0.1) is 4.90 Å². The standard InChI is InChI=1S/C15H18N2O2S2/c1-2-12-4-5-13(20-12)10-17-21(18,19)14-6-3-11-7-8-16-15(11)9-14/h3-6,9,16-17H,2,7-8,10H2,1H3. The minimum absolute atomic E-state index is 0.322. The minimum Gasteiger partial charge on any atom is -0.384 e. The number of rotatable bonds is 5. The highest BCUT2D eigenvalue weighted by Crippen LogP contribution is 2.25. The topological polar surface area (TPSA) is 58.2 Å². The minimum atomic E-state index is -3.46.